The summed E-state index contributed by atoms with van der Waals surface area (Å²) in [6.07, 6.45) is -0.843. The number of rotatable bonds is 6. The van der Waals surface area contributed by atoms with Gasteiger partial charge in [0, 0.05) is 11.3 Å². The molecule has 1 aliphatic heterocycles. The van der Waals surface area contributed by atoms with Crippen molar-refractivity contribution >= 4 is 21.7 Å². The molecule has 0 spiro atoms. The molecule has 0 atom stereocenters. The zero-order valence-corrected chi connectivity index (χ0v) is 11.4. The smallest absolute Gasteiger partial charge is 0.304 e. The van der Waals surface area contributed by atoms with Crippen LogP contribution in [0.4, 0.5) is 5.69 Å². The Hall–Kier alpha value is -1.64. The number of anilines is 1. The molecule has 7 nitrogen and oxygen atoms in total. The SMILES string of the molecule is O=C(O)CCS(=O)(=O)Nc1ccc(C2OCCO2)cc1. The van der Waals surface area contributed by atoms with Crippen LogP contribution in [0.2, 0.25) is 0 Å². The first kappa shape index (κ1) is 14.8. The first-order valence-corrected chi connectivity index (χ1v) is 7.67. The highest BCUT2D eigenvalue weighted by molar-refractivity contribution is 7.92. The van der Waals surface area contributed by atoms with Gasteiger partial charge in [-0.05, 0) is 12.1 Å². The number of carboxylic acid groups (broad SMARTS) is 1. The molecular weight excluding hydrogens is 286 g/mol. The van der Waals surface area contributed by atoms with Crippen LogP contribution in [0.25, 0.3) is 0 Å². The van der Waals surface area contributed by atoms with Crippen molar-refractivity contribution in [2.75, 3.05) is 23.7 Å². The average Bonchev–Trinajstić information content (AvgIpc) is 2.91. The van der Waals surface area contributed by atoms with E-state index >= 15 is 0 Å². The Balaban J connectivity index is 1.97. The number of carboxylic acids is 1. The van der Waals surface area contributed by atoms with Crippen LogP contribution in [0, 0.1) is 0 Å². The maximum absolute atomic E-state index is 11.6. The van der Waals surface area contributed by atoms with Crippen LogP contribution in [-0.2, 0) is 24.3 Å². The molecule has 0 aromatic heterocycles. The molecule has 1 heterocycles. The number of hydrogen-bond acceptors (Lipinski definition) is 5. The van der Waals surface area contributed by atoms with Gasteiger partial charge in [-0.3, -0.25) is 9.52 Å². The zero-order chi connectivity index (χ0) is 14.6. The van der Waals surface area contributed by atoms with Gasteiger partial charge in [0.25, 0.3) is 0 Å². The highest BCUT2D eigenvalue weighted by atomic mass is 32.2. The third-order valence-electron chi connectivity index (χ3n) is 2.66. The second-order valence-corrected chi connectivity index (χ2v) is 6.10. The number of sulfonamides is 1. The van der Waals surface area contributed by atoms with Crippen LogP contribution in [-0.4, -0.2) is 38.5 Å². The van der Waals surface area contributed by atoms with Gasteiger partial charge in [0.15, 0.2) is 6.29 Å². The lowest BCUT2D eigenvalue weighted by atomic mass is 10.2. The van der Waals surface area contributed by atoms with E-state index in [1.165, 1.54) is 0 Å². The number of nitrogens with one attached hydrogen (secondary N) is 1. The fraction of sp³-hybridized carbons (Fsp3) is 0.417. The quantitative estimate of drug-likeness (QED) is 0.811. The van der Waals surface area contributed by atoms with E-state index in [9.17, 15) is 13.2 Å². The summed E-state index contributed by atoms with van der Waals surface area (Å²) in [6, 6.07) is 6.56. The van der Waals surface area contributed by atoms with Gasteiger partial charge in [0.05, 0.1) is 25.4 Å². The predicted octanol–water partition coefficient (Wildman–Crippen LogP) is 0.948. The largest absolute Gasteiger partial charge is 0.481 e. The molecule has 8 heteroatoms. The Morgan fingerprint density at radius 1 is 1.25 bits per heavy atom. The van der Waals surface area contributed by atoms with Crippen molar-refractivity contribution in [1.82, 2.24) is 0 Å². The minimum Gasteiger partial charge on any atom is -0.481 e. The monoisotopic (exact) mass is 301 g/mol. The maximum Gasteiger partial charge on any atom is 0.304 e. The molecule has 1 aromatic rings. The Bertz CT molecular complexity index is 562. The number of benzene rings is 1. The van der Waals surface area contributed by atoms with Crippen molar-refractivity contribution in [3.05, 3.63) is 29.8 Å². The van der Waals surface area contributed by atoms with Crippen molar-refractivity contribution < 1.29 is 27.8 Å². The van der Waals surface area contributed by atoms with Crippen molar-refractivity contribution in [2.45, 2.75) is 12.7 Å². The minimum atomic E-state index is -3.65. The van der Waals surface area contributed by atoms with Crippen LogP contribution < -0.4 is 4.72 Å². The van der Waals surface area contributed by atoms with Gasteiger partial charge in [-0.15, -0.1) is 0 Å². The summed E-state index contributed by atoms with van der Waals surface area (Å²) in [5, 5.41) is 8.48. The van der Waals surface area contributed by atoms with E-state index in [1.54, 1.807) is 24.3 Å². The lowest BCUT2D eigenvalue weighted by Crippen LogP contribution is -2.18. The molecule has 2 N–H and O–H groups in total. The van der Waals surface area contributed by atoms with Gasteiger partial charge in [-0.25, -0.2) is 8.42 Å². The molecule has 1 aromatic carbocycles. The predicted molar refractivity (Wildman–Crippen MR) is 70.7 cm³/mol. The van der Waals surface area contributed by atoms with Gasteiger partial charge in [0.2, 0.25) is 10.0 Å². The first-order valence-electron chi connectivity index (χ1n) is 6.02. The molecule has 2 rings (SSSR count). The van der Waals surface area contributed by atoms with Crippen LogP contribution in [0.1, 0.15) is 18.3 Å². The summed E-state index contributed by atoms with van der Waals surface area (Å²) in [5.41, 5.74) is 1.17. The molecular formula is C12H15NO6S. The summed E-state index contributed by atoms with van der Waals surface area (Å²) >= 11 is 0. The molecule has 20 heavy (non-hydrogen) atoms. The van der Waals surface area contributed by atoms with Crippen molar-refractivity contribution in [3.8, 4) is 0 Å². The second kappa shape index (κ2) is 6.21. The van der Waals surface area contributed by atoms with Crippen molar-refractivity contribution in [2.24, 2.45) is 0 Å². The highest BCUT2D eigenvalue weighted by Gasteiger charge is 2.18. The Labute approximate surface area is 116 Å². The molecule has 1 saturated heterocycles. The van der Waals surface area contributed by atoms with Gasteiger partial charge in [0.1, 0.15) is 0 Å². The first-order chi connectivity index (χ1) is 9.46. The fourth-order valence-electron chi connectivity index (χ4n) is 1.71. The molecule has 1 aliphatic rings. The Kier molecular flexibility index (Phi) is 4.58. The van der Waals surface area contributed by atoms with Crippen LogP contribution in [0.15, 0.2) is 24.3 Å². The topological polar surface area (TPSA) is 102 Å². The van der Waals surface area contributed by atoms with E-state index < -0.39 is 34.5 Å². The number of carbonyl (C=O) groups is 1. The zero-order valence-electron chi connectivity index (χ0n) is 10.6. The standard InChI is InChI=1S/C12H15NO6S/c14-11(15)5-8-20(16,17)13-10-3-1-9(2-4-10)12-18-6-7-19-12/h1-4,12-13H,5-8H2,(H,14,15). The molecule has 0 unspecified atom stereocenters. The number of hydrogen-bond donors (Lipinski definition) is 2. The number of aliphatic carboxylic acids is 1. The van der Waals surface area contributed by atoms with Crippen molar-refractivity contribution in [3.63, 3.8) is 0 Å². The molecule has 1 fully saturated rings. The molecule has 0 bridgehead atoms. The van der Waals surface area contributed by atoms with Crippen molar-refractivity contribution in [1.29, 1.82) is 0 Å². The van der Waals surface area contributed by atoms with Gasteiger partial charge < -0.3 is 14.6 Å². The maximum atomic E-state index is 11.6. The molecule has 110 valence electrons. The van der Waals surface area contributed by atoms with Crippen LogP contribution >= 0.6 is 0 Å². The summed E-state index contributed by atoms with van der Waals surface area (Å²) in [6.45, 7) is 1.07. The highest BCUT2D eigenvalue weighted by Crippen LogP contribution is 2.24. The van der Waals surface area contributed by atoms with E-state index in [0.717, 1.165) is 5.56 Å². The van der Waals surface area contributed by atoms with E-state index in [1.807, 2.05) is 0 Å². The Morgan fingerprint density at radius 2 is 1.85 bits per heavy atom. The third kappa shape index (κ3) is 4.19. The lowest BCUT2D eigenvalue weighted by Gasteiger charge is -2.11. The van der Waals surface area contributed by atoms with E-state index in [-0.39, 0.29) is 0 Å². The Morgan fingerprint density at radius 3 is 2.40 bits per heavy atom. The summed E-state index contributed by atoms with van der Waals surface area (Å²) in [7, 11) is -3.65. The third-order valence-corrected chi connectivity index (χ3v) is 3.95. The van der Waals surface area contributed by atoms with E-state index in [4.69, 9.17) is 14.6 Å². The number of ether oxygens (including phenoxy) is 2. The summed E-state index contributed by atoms with van der Waals surface area (Å²) in [5.74, 6) is -1.61. The average molecular weight is 301 g/mol. The second-order valence-electron chi connectivity index (χ2n) is 4.26. The normalized spacial score (nSPS) is 16.2. The molecule has 0 aliphatic carbocycles. The van der Waals surface area contributed by atoms with Gasteiger partial charge >= 0.3 is 5.97 Å². The van der Waals surface area contributed by atoms with E-state index in [2.05, 4.69) is 4.72 Å². The minimum absolute atomic E-state index is 0.372. The van der Waals surface area contributed by atoms with Gasteiger partial charge in [-0.2, -0.15) is 0 Å². The lowest BCUT2D eigenvalue weighted by molar-refractivity contribution is -0.136. The van der Waals surface area contributed by atoms with Crippen LogP contribution in [0.3, 0.4) is 0 Å². The van der Waals surface area contributed by atoms with E-state index in [0.29, 0.717) is 18.9 Å². The van der Waals surface area contributed by atoms with Crippen LogP contribution in [0.5, 0.6) is 0 Å². The summed E-state index contributed by atoms with van der Waals surface area (Å²) in [4.78, 5) is 10.4. The summed E-state index contributed by atoms with van der Waals surface area (Å²) < 4.78 is 36.2. The fourth-order valence-corrected chi connectivity index (χ4v) is 2.75. The molecule has 0 radical (unpaired) electrons. The molecule has 0 amide bonds. The molecule has 0 saturated carbocycles. The van der Waals surface area contributed by atoms with Gasteiger partial charge in [-0.1, -0.05) is 12.1 Å².